The Kier molecular flexibility index (Phi) is 4.02. The number of piperidine rings is 1. The fourth-order valence-corrected chi connectivity index (χ4v) is 2.63. The molecule has 0 radical (unpaired) electrons. The van der Waals surface area contributed by atoms with Gasteiger partial charge in [0.1, 0.15) is 5.75 Å². The molecule has 0 aliphatic carbocycles. The second-order valence-corrected chi connectivity index (χ2v) is 5.23. The van der Waals surface area contributed by atoms with Crippen LogP contribution in [0.3, 0.4) is 0 Å². The van der Waals surface area contributed by atoms with Crippen LogP contribution in [0.25, 0.3) is 10.8 Å². The molecule has 1 atom stereocenters. The maximum atomic E-state index is 5.95. The van der Waals surface area contributed by atoms with E-state index in [-0.39, 0.29) is 0 Å². The molecule has 1 saturated heterocycles. The molecule has 1 N–H and O–H groups in total. The highest BCUT2D eigenvalue weighted by Gasteiger charge is 2.14. The van der Waals surface area contributed by atoms with Crippen molar-refractivity contribution in [1.82, 2.24) is 10.3 Å². The summed E-state index contributed by atoms with van der Waals surface area (Å²) in [5, 5.41) is 5.54. The first-order chi connectivity index (χ1) is 9.86. The first-order valence-corrected chi connectivity index (χ1v) is 7.13. The van der Waals surface area contributed by atoms with E-state index in [0.29, 0.717) is 11.8 Å². The Morgan fingerprint density at radius 3 is 3.10 bits per heavy atom. The van der Waals surface area contributed by atoms with Crippen molar-refractivity contribution in [2.24, 2.45) is 5.92 Å². The van der Waals surface area contributed by atoms with Crippen molar-refractivity contribution in [1.29, 1.82) is 0 Å². The topological polar surface area (TPSA) is 43.4 Å². The second kappa shape index (κ2) is 6.09. The van der Waals surface area contributed by atoms with Crippen LogP contribution in [-0.2, 0) is 0 Å². The Morgan fingerprint density at radius 1 is 1.35 bits per heavy atom. The Morgan fingerprint density at radius 2 is 2.30 bits per heavy atom. The fraction of sp³-hybridized carbons (Fsp3) is 0.438. The quantitative estimate of drug-likeness (QED) is 0.929. The number of hydrogen-bond donors (Lipinski definition) is 1. The summed E-state index contributed by atoms with van der Waals surface area (Å²) >= 11 is 0. The van der Waals surface area contributed by atoms with Crippen LogP contribution in [0.4, 0.5) is 0 Å². The summed E-state index contributed by atoms with van der Waals surface area (Å²) in [6.45, 7) is 2.88. The monoisotopic (exact) mass is 272 g/mol. The number of methoxy groups -OCH3 is 1. The zero-order valence-corrected chi connectivity index (χ0v) is 11.8. The van der Waals surface area contributed by atoms with Crippen molar-refractivity contribution in [2.45, 2.75) is 12.8 Å². The lowest BCUT2D eigenvalue weighted by atomic mass is 10.0. The number of pyridine rings is 1. The van der Waals surface area contributed by atoms with Gasteiger partial charge in [-0.2, -0.15) is 0 Å². The number of benzene rings is 1. The fourth-order valence-electron chi connectivity index (χ4n) is 2.63. The van der Waals surface area contributed by atoms with Crippen molar-refractivity contribution >= 4 is 10.8 Å². The SMILES string of the molecule is COc1ccc2ccnc(OCC3CCCNC3)c2c1. The van der Waals surface area contributed by atoms with E-state index in [1.807, 2.05) is 24.3 Å². The molecule has 106 valence electrons. The number of fused-ring (bicyclic) bond motifs is 1. The minimum Gasteiger partial charge on any atom is -0.497 e. The molecule has 4 heteroatoms. The van der Waals surface area contributed by atoms with Gasteiger partial charge in [0.2, 0.25) is 5.88 Å². The predicted octanol–water partition coefficient (Wildman–Crippen LogP) is 2.62. The molecule has 3 rings (SSSR count). The van der Waals surface area contributed by atoms with Gasteiger partial charge < -0.3 is 14.8 Å². The van der Waals surface area contributed by atoms with Crippen LogP contribution in [0, 0.1) is 5.92 Å². The van der Waals surface area contributed by atoms with E-state index in [9.17, 15) is 0 Å². The average molecular weight is 272 g/mol. The lowest BCUT2D eigenvalue weighted by molar-refractivity contribution is 0.214. The molecule has 2 heterocycles. The summed E-state index contributed by atoms with van der Waals surface area (Å²) in [5.41, 5.74) is 0. The van der Waals surface area contributed by atoms with Crippen molar-refractivity contribution < 1.29 is 9.47 Å². The molecule has 1 aliphatic rings. The molecule has 4 nitrogen and oxygen atoms in total. The summed E-state index contributed by atoms with van der Waals surface area (Å²) in [6, 6.07) is 7.96. The van der Waals surface area contributed by atoms with E-state index >= 15 is 0 Å². The summed E-state index contributed by atoms with van der Waals surface area (Å²) in [4.78, 5) is 4.37. The molecule has 1 aliphatic heterocycles. The second-order valence-electron chi connectivity index (χ2n) is 5.23. The molecule has 1 unspecified atom stereocenters. The highest BCUT2D eigenvalue weighted by molar-refractivity contribution is 5.87. The first kappa shape index (κ1) is 13.2. The lowest BCUT2D eigenvalue weighted by Gasteiger charge is -2.22. The molecule has 1 aromatic carbocycles. The summed E-state index contributed by atoms with van der Waals surface area (Å²) in [5.74, 6) is 2.10. The van der Waals surface area contributed by atoms with Gasteiger partial charge in [-0.15, -0.1) is 0 Å². The van der Waals surface area contributed by atoms with Crippen LogP contribution in [0.5, 0.6) is 11.6 Å². The third kappa shape index (κ3) is 2.85. The maximum Gasteiger partial charge on any atom is 0.221 e. The zero-order chi connectivity index (χ0) is 13.8. The minimum atomic E-state index is 0.575. The molecule has 0 bridgehead atoms. The highest BCUT2D eigenvalue weighted by atomic mass is 16.5. The van der Waals surface area contributed by atoms with E-state index in [0.717, 1.165) is 36.2 Å². The van der Waals surface area contributed by atoms with Crippen LogP contribution < -0.4 is 14.8 Å². The van der Waals surface area contributed by atoms with Crippen LogP contribution in [0.1, 0.15) is 12.8 Å². The van der Waals surface area contributed by atoms with Crippen LogP contribution >= 0.6 is 0 Å². The van der Waals surface area contributed by atoms with Gasteiger partial charge in [0.15, 0.2) is 0 Å². The molecule has 0 saturated carbocycles. The van der Waals surface area contributed by atoms with E-state index < -0.39 is 0 Å². The Labute approximate surface area is 119 Å². The summed E-state index contributed by atoms with van der Waals surface area (Å²) < 4.78 is 11.2. The van der Waals surface area contributed by atoms with Crippen molar-refractivity contribution in [2.75, 3.05) is 26.8 Å². The highest BCUT2D eigenvalue weighted by Crippen LogP contribution is 2.27. The third-order valence-corrected chi connectivity index (χ3v) is 3.79. The van der Waals surface area contributed by atoms with E-state index in [1.54, 1.807) is 13.3 Å². The van der Waals surface area contributed by atoms with Crippen molar-refractivity contribution in [3.63, 3.8) is 0 Å². The lowest BCUT2D eigenvalue weighted by Crippen LogP contribution is -2.33. The van der Waals surface area contributed by atoms with Crippen LogP contribution in [0.15, 0.2) is 30.5 Å². The molecule has 0 amide bonds. The Hall–Kier alpha value is -1.81. The van der Waals surface area contributed by atoms with Crippen LogP contribution in [0.2, 0.25) is 0 Å². The van der Waals surface area contributed by atoms with Gasteiger partial charge in [0.05, 0.1) is 13.7 Å². The Bertz CT molecular complexity index is 580. The van der Waals surface area contributed by atoms with Gasteiger partial charge in [0, 0.05) is 24.0 Å². The molecule has 0 spiro atoms. The largest absolute Gasteiger partial charge is 0.497 e. The molecule has 20 heavy (non-hydrogen) atoms. The number of ether oxygens (including phenoxy) is 2. The molecular formula is C16H20N2O2. The number of rotatable bonds is 4. The van der Waals surface area contributed by atoms with Gasteiger partial charge in [0.25, 0.3) is 0 Å². The van der Waals surface area contributed by atoms with Crippen molar-refractivity contribution in [3.05, 3.63) is 30.5 Å². The van der Waals surface area contributed by atoms with E-state index in [2.05, 4.69) is 10.3 Å². The van der Waals surface area contributed by atoms with Crippen LogP contribution in [-0.4, -0.2) is 31.8 Å². The van der Waals surface area contributed by atoms with Gasteiger partial charge in [-0.1, -0.05) is 6.07 Å². The van der Waals surface area contributed by atoms with Gasteiger partial charge in [-0.05, 0) is 43.0 Å². The predicted molar refractivity (Wildman–Crippen MR) is 79.4 cm³/mol. The zero-order valence-electron chi connectivity index (χ0n) is 11.8. The number of hydrogen-bond acceptors (Lipinski definition) is 4. The molecule has 1 fully saturated rings. The maximum absolute atomic E-state index is 5.95. The molecule has 2 aromatic rings. The van der Waals surface area contributed by atoms with Gasteiger partial charge in [-0.25, -0.2) is 4.98 Å². The first-order valence-electron chi connectivity index (χ1n) is 7.13. The van der Waals surface area contributed by atoms with Gasteiger partial charge in [-0.3, -0.25) is 0 Å². The van der Waals surface area contributed by atoms with Crippen molar-refractivity contribution in [3.8, 4) is 11.6 Å². The van der Waals surface area contributed by atoms with Gasteiger partial charge >= 0.3 is 0 Å². The number of nitrogens with one attached hydrogen (secondary N) is 1. The van der Waals surface area contributed by atoms with E-state index in [4.69, 9.17) is 9.47 Å². The average Bonchev–Trinajstić information content (AvgIpc) is 2.53. The van der Waals surface area contributed by atoms with E-state index in [1.165, 1.54) is 12.8 Å². The molecule has 1 aromatic heterocycles. The Balaban J connectivity index is 1.79. The summed E-state index contributed by atoms with van der Waals surface area (Å²) in [7, 11) is 1.67. The minimum absolute atomic E-state index is 0.575. The third-order valence-electron chi connectivity index (χ3n) is 3.79. The molecular weight excluding hydrogens is 252 g/mol. The normalized spacial score (nSPS) is 18.9. The number of aromatic nitrogens is 1. The smallest absolute Gasteiger partial charge is 0.221 e. The summed E-state index contributed by atoms with van der Waals surface area (Å²) in [6.07, 6.45) is 4.25. The number of nitrogens with zero attached hydrogens (tertiary/aromatic N) is 1. The standard InChI is InChI=1S/C16H20N2O2/c1-19-14-5-4-13-6-8-18-16(15(13)9-14)20-11-12-3-2-7-17-10-12/h4-6,8-9,12,17H,2-3,7,10-11H2,1H3.